The highest BCUT2D eigenvalue weighted by Gasteiger charge is 2.27. The zero-order valence-electron chi connectivity index (χ0n) is 15.1. The van der Waals surface area contributed by atoms with E-state index in [1.165, 1.54) is 18.1 Å². The first-order valence-electron chi connectivity index (χ1n) is 9.18. The molecular formula is C19H24N4O3. The number of rotatable bonds is 3. The number of ether oxygens (including phenoxy) is 1. The third-order valence-electron chi connectivity index (χ3n) is 5.33. The SMILES string of the molecule is COC1CCCN(c2ncnc3c2CCN(C(=O)c2ccoc2)CC3)C1. The molecule has 1 fully saturated rings. The highest BCUT2D eigenvalue weighted by Crippen LogP contribution is 2.27. The Bertz CT molecular complexity index is 762. The zero-order chi connectivity index (χ0) is 17.9. The number of piperidine rings is 1. The molecule has 0 bridgehead atoms. The van der Waals surface area contributed by atoms with Crippen molar-refractivity contribution in [3.63, 3.8) is 0 Å². The van der Waals surface area contributed by atoms with Gasteiger partial charge in [0.1, 0.15) is 18.4 Å². The molecule has 7 heteroatoms. The summed E-state index contributed by atoms with van der Waals surface area (Å²) >= 11 is 0. The Morgan fingerprint density at radius 3 is 2.96 bits per heavy atom. The lowest BCUT2D eigenvalue weighted by Gasteiger charge is -2.34. The molecule has 0 N–H and O–H groups in total. The van der Waals surface area contributed by atoms with Crippen molar-refractivity contribution in [2.24, 2.45) is 0 Å². The molecule has 2 aromatic rings. The van der Waals surface area contributed by atoms with Gasteiger partial charge in [0, 0.05) is 45.3 Å². The van der Waals surface area contributed by atoms with Gasteiger partial charge in [-0.1, -0.05) is 0 Å². The summed E-state index contributed by atoms with van der Waals surface area (Å²) in [6.07, 6.45) is 8.64. The van der Waals surface area contributed by atoms with Crippen LogP contribution in [0.4, 0.5) is 5.82 Å². The van der Waals surface area contributed by atoms with E-state index in [-0.39, 0.29) is 12.0 Å². The molecule has 2 aliphatic rings. The van der Waals surface area contributed by atoms with E-state index in [0.717, 1.165) is 50.3 Å². The topological polar surface area (TPSA) is 71.7 Å². The van der Waals surface area contributed by atoms with E-state index in [0.29, 0.717) is 18.7 Å². The molecule has 4 rings (SSSR count). The van der Waals surface area contributed by atoms with Gasteiger partial charge >= 0.3 is 0 Å². The van der Waals surface area contributed by atoms with Crippen LogP contribution < -0.4 is 4.90 Å². The van der Waals surface area contributed by atoms with Crippen LogP contribution in [0.25, 0.3) is 0 Å². The van der Waals surface area contributed by atoms with Crippen LogP contribution in [0.3, 0.4) is 0 Å². The fraction of sp³-hybridized carbons (Fsp3) is 0.526. The minimum absolute atomic E-state index is 0.0125. The summed E-state index contributed by atoms with van der Waals surface area (Å²) in [6, 6.07) is 1.71. The monoisotopic (exact) mass is 356 g/mol. The number of nitrogens with zero attached hydrogens (tertiary/aromatic N) is 4. The molecule has 26 heavy (non-hydrogen) atoms. The Balaban J connectivity index is 1.54. The van der Waals surface area contributed by atoms with Gasteiger partial charge in [-0.3, -0.25) is 4.79 Å². The van der Waals surface area contributed by atoms with Gasteiger partial charge in [-0.2, -0.15) is 0 Å². The van der Waals surface area contributed by atoms with Crippen molar-refractivity contribution in [2.45, 2.75) is 31.8 Å². The second-order valence-corrected chi connectivity index (χ2v) is 6.87. The molecule has 0 aliphatic carbocycles. The van der Waals surface area contributed by atoms with E-state index in [1.54, 1.807) is 19.5 Å². The Labute approximate surface area is 153 Å². The van der Waals surface area contributed by atoms with Gasteiger partial charge in [0.05, 0.1) is 23.6 Å². The predicted octanol–water partition coefficient (Wildman–Crippen LogP) is 1.93. The first-order chi connectivity index (χ1) is 12.8. The first kappa shape index (κ1) is 17.0. The van der Waals surface area contributed by atoms with Crippen LogP contribution >= 0.6 is 0 Å². The Morgan fingerprint density at radius 1 is 1.27 bits per heavy atom. The molecule has 0 saturated carbocycles. The summed E-state index contributed by atoms with van der Waals surface area (Å²) in [7, 11) is 1.77. The van der Waals surface area contributed by atoms with Crippen molar-refractivity contribution in [2.75, 3.05) is 38.2 Å². The van der Waals surface area contributed by atoms with Gasteiger partial charge in [0.2, 0.25) is 0 Å². The summed E-state index contributed by atoms with van der Waals surface area (Å²) in [4.78, 5) is 25.9. The molecule has 138 valence electrons. The summed E-state index contributed by atoms with van der Waals surface area (Å²) in [5.74, 6) is 1.02. The van der Waals surface area contributed by atoms with Crippen molar-refractivity contribution in [3.8, 4) is 0 Å². The molecule has 0 radical (unpaired) electrons. The van der Waals surface area contributed by atoms with Gasteiger partial charge in [-0.25, -0.2) is 9.97 Å². The van der Waals surface area contributed by atoms with E-state index >= 15 is 0 Å². The average Bonchev–Trinajstić information content (AvgIpc) is 3.14. The number of carbonyl (C=O) groups is 1. The maximum Gasteiger partial charge on any atom is 0.257 e. The van der Waals surface area contributed by atoms with Gasteiger partial charge in [-0.05, 0) is 25.3 Å². The number of carbonyl (C=O) groups excluding carboxylic acids is 1. The normalized spacial score (nSPS) is 20.6. The van der Waals surface area contributed by atoms with E-state index in [2.05, 4.69) is 14.9 Å². The van der Waals surface area contributed by atoms with E-state index in [1.807, 2.05) is 4.90 Å². The number of fused-ring (bicyclic) bond motifs is 1. The van der Waals surface area contributed by atoms with Crippen LogP contribution in [0.2, 0.25) is 0 Å². The van der Waals surface area contributed by atoms with Crippen LogP contribution in [-0.2, 0) is 17.6 Å². The molecule has 2 aromatic heterocycles. The van der Waals surface area contributed by atoms with Crippen molar-refractivity contribution in [1.82, 2.24) is 14.9 Å². The molecule has 1 amide bonds. The van der Waals surface area contributed by atoms with Crippen LogP contribution in [0.5, 0.6) is 0 Å². The molecule has 2 aliphatic heterocycles. The van der Waals surface area contributed by atoms with E-state index in [4.69, 9.17) is 9.15 Å². The third kappa shape index (κ3) is 3.31. The first-order valence-corrected chi connectivity index (χ1v) is 9.18. The highest BCUT2D eigenvalue weighted by atomic mass is 16.5. The standard InChI is InChI=1S/C19H24N4O3/c1-25-15-3-2-7-23(11-15)18-16-4-8-22(9-5-17(16)20-13-21-18)19(24)14-6-10-26-12-14/h6,10,12-13,15H,2-5,7-9,11H2,1H3. The Morgan fingerprint density at radius 2 is 2.15 bits per heavy atom. The molecular weight excluding hydrogens is 332 g/mol. The number of amides is 1. The van der Waals surface area contributed by atoms with Crippen LogP contribution in [-0.4, -0.2) is 60.2 Å². The fourth-order valence-corrected chi connectivity index (χ4v) is 3.88. The summed E-state index contributed by atoms with van der Waals surface area (Å²) in [6.45, 7) is 3.17. The second-order valence-electron chi connectivity index (χ2n) is 6.87. The van der Waals surface area contributed by atoms with Gasteiger partial charge in [0.25, 0.3) is 5.91 Å². The lowest BCUT2D eigenvalue weighted by atomic mass is 10.1. The summed E-state index contributed by atoms with van der Waals surface area (Å²) in [5, 5.41) is 0. The third-order valence-corrected chi connectivity index (χ3v) is 5.33. The van der Waals surface area contributed by atoms with Gasteiger partial charge < -0.3 is 19.0 Å². The van der Waals surface area contributed by atoms with Crippen molar-refractivity contribution in [1.29, 1.82) is 0 Å². The lowest BCUT2D eigenvalue weighted by Crippen LogP contribution is -2.40. The number of furan rings is 1. The highest BCUT2D eigenvalue weighted by molar-refractivity contribution is 5.93. The maximum atomic E-state index is 12.6. The van der Waals surface area contributed by atoms with E-state index < -0.39 is 0 Å². The predicted molar refractivity (Wildman–Crippen MR) is 96.3 cm³/mol. The molecule has 1 unspecified atom stereocenters. The number of methoxy groups -OCH3 is 1. The molecule has 0 aromatic carbocycles. The zero-order valence-corrected chi connectivity index (χ0v) is 15.1. The van der Waals surface area contributed by atoms with Crippen molar-refractivity contribution in [3.05, 3.63) is 41.7 Å². The summed E-state index contributed by atoms with van der Waals surface area (Å²) < 4.78 is 10.6. The molecule has 4 heterocycles. The minimum atomic E-state index is 0.0125. The average molecular weight is 356 g/mol. The fourth-order valence-electron chi connectivity index (χ4n) is 3.88. The number of hydrogen-bond donors (Lipinski definition) is 0. The van der Waals surface area contributed by atoms with Crippen LogP contribution in [0.15, 0.2) is 29.3 Å². The quantitative estimate of drug-likeness (QED) is 0.837. The minimum Gasteiger partial charge on any atom is -0.472 e. The Hall–Kier alpha value is -2.41. The van der Waals surface area contributed by atoms with Crippen LogP contribution in [0, 0.1) is 0 Å². The summed E-state index contributed by atoms with van der Waals surface area (Å²) in [5.41, 5.74) is 2.82. The Kier molecular flexibility index (Phi) is 4.88. The van der Waals surface area contributed by atoms with E-state index in [9.17, 15) is 4.79 Å². The molecule has 1 saturated heterocycles. The van der Waals surface area contributed by atoms with Crippen LogP contribution in [0.1, 0.15) is 34.5 Å². The second kappa shape index (κ2) is 7.45. The lowest BCUT2D eigenvalue weighted by molar-refractivity contribution is 0.0762. The number of anilines is 1. The van der Waals surface area contributed by atoms with Gasteiger partial charge in [-0.15, -0.1) is 0 Å². The number of hydrogen-bond acceptors (Lipinski definition) is 6. The number of aromatic nitrogens is 2. The van der Waals surface area contributed by atoms with Crippen molar-refractivity contribution < 1.29 is 13.9 Å². The maximum absolute atomic E-state index is 12.6. The molecule has 1 atom stereocenters. The van der Waals surface area contributed by atoms with Crippen molar-refractivity contribution >= 4 is 11.7 Å². The largest absolute Gasteiger partial charge is 0.472 e. The molecule has 0 spiro atoms. The van der Waals surface area contributed by atoms with Gasteiger partial charge in [0.15, 0.2) is 0 Å². The smallest absolute Gasteiger partial charge is 0.257 e. The molecule has 7 nitrogen and oxygen atoms in total.